The van der Waals surface area contributed by atoms with Crippen molar-refractivity contribution in [2.24, 2.45) is 11.8 Å². The highest BCUT2D eigenvalue weighted by Crippen LogP contribution is 2.42. The number of benzene rings is 2. The molecule has 0 aliphatic carbocycles. The van der Waals surface area contributed by atoms with Crippen LogP contribution < -0.4 is 11.1 Å². The number of fused-ring (bicyclic) bond motifs is 1. The minimum absolute atomic E-state index is 0.0142. The molecule has 0 saturated carbocycles. The van der Waals surface area contributed by atoms with E-state index in [2.05, 4.69) is 5.32 Å². The summed E-state index contributed by atoms with van der Waals surface area (Å²) in [6.45, 7) is 2.71. The van der Waals surface area contributed by atoms with E-state index in [0.29, 0.717) is 5.69 Å². The molecule has 13 heteroatoms. The number of nitrogens with two attached hydrogens (primary N) is 1. The minimum atomic E-state index is -4.03. The van der Waals surface area contributed by atoms with E-state index >= 15 is 0 Å². The van der Waals surface area contributed by atoms with Crippen LogP contribution in [0.3, 0.4) is 0 Å². The summed E-state index contributed by atoms with van der Waals surface area (Å²) in [4.78, 5) is 13.0. The molecule has 226 valence electrons. The van der Waals surface area contributed by atoms with Crippen molar-refractivity contribution in [1.82, 2.24) is 9.62 Å². The molecule has 4 N–H and O–H groups in total. The third-order valence-electron chi connectivity index (χ3n) is 7.11. The van der Waals surface area contributed by atoms with E-state index in [9.17, 15) is 27.1 Å². The highest BCUT2D eigenvalue weighted by atomic mass is 32.2. The van der Waals surface area contributed by atoms with Gasteiger partial charge in [-0.2, -0.15) is 4.31 Å². The Bertz CT molecular complexity index is 1270. The van der Waals surface area contributed by atoms with Gasteiger partial charge in [0.25, 0.3) is 5.92 Å². The van der Waals surface area contributed by atoms with Gasteiger partial charge in [-0.1, -0.05) is 44.2 Å². The molecule has 2 aromatic rings. The number of alkyl halides is 2. The van der Waals surface area contributed by atoms with Crippen molar-refractivity contribution in [2.75, 3.05) is 32.0 Å². The lowest BCUT2D eigenvalue weighted by Gasteiger charge is -2.35. The zero-order valence-corrected chi connectivity index (χ0v) is 23.8. The van der Waals surface area contributed by atoms with Crippen LogP contribution in [-0.2, 0) is 30.7 Å². The van der Waals surface area contributed by atoms with Crippen LogP contribution in [0.2, 0.25) is 0 Å². The van der Waals surface area contributed by atoms with Gasteiger partial charge in [0.15, 0.2) is 6.29 Å². The van der Waals surface area contributed by atoms with Crippen molar-refractivity contribution in [2.45, 2.75) is 62.0 Å². The lowest BCUT2D eigenvalue weighted by Crippen LogP contribution is -2.53. The van der Waals surface area contributed by atoms with E-state index in [1.807, 2.05) is 19.9 Å². The lowest BCUT2D eigenvalue weighted by molar-refractivity contribution is -0.194. The number of nitrogen functional groups attached to an aromatic ring is 1. The zero-order valence-electron chi connectivity index (χ0n) is 23.0. The number of aliphatic hydroxyl groups excluding tert-OH is 1. The normalized spacial score (nSPS) is 23.6. The lowest BCUT2D eigenvalue weighted by atomic mass is 9.92. The molecule has 0 radical (unpaired) electrons. The molecule has 0 spiro atoms. The highest BCUT2D eigenvalue weighted by molar-refractivity contribution is 7.89. The van der Waals surface area contributed by atoms with Gasteiger partial charge in [0.2, 0.25) is 10.0 Å². The maximum Gasteiger partial charge on any atom is 0.407 e. The standard InChI is InChI=1S/C28H37F2N3O7S/c1-18(2)15-33(41(36,37)21-10-8-20(31)9-11-21)16-23(34)22(14-19-6-4-3-5-7-19)32-27(35)40-24-12-13-38-26-25(24)28(29,30)17-39-26/h3-11,18,22-26,34H,12-17,31H2,1-2H3,(H,32,35)/t22-,23+,24-,25-,26-/m0/s1. The molecule has 0 bridgehead atoms. The fourth-order valence-corrected chi connectivity index (χ4v) is 6.70. The van der Waals surface area contributed by atoms with Gasteiger partial charge in [-0.25, -0.2) is 22.0 Å². The number of hydrogen-bond acceptors (Lipinski definition) is 8. The van der Waals surface area contributed by atoms with Gasteiger partial charge < -0.3 is 30.4 Å². The van der Waals surface area contributed by atoms with Gasteiger partial charge in [-0.15, -0.1) is 0 Å². The first kappa shape index (κ1) is 31.1. The van der Waals surface area contributed by atoms with Crippen LogP contribution >= 0.6 is 0 Å². The van der Waals surface area contributed by atoms with Crippen LogP contribution in [0.5, 0.6) is 0 Å². The maximum atomic E-state index is 14.5. The van der Waals surface area contributed by atoms with Gasteiger partial charge >= 0.3 is 6.09 Å². The van der Waals surface area contributed by atoms with Crippen LogP contribution in [0.25, 0.3) is 0 Å². The summed E-state index contributed by atoms with van der Waals surface area (Å²) in [5, 5.41) is 13.9. The number of carbonyl (C=O) groups excluding carboxylic acids is 1. The average Bonchev–Trinajstić information content (AvgIpc) is 3.23. The molecular formula is C28H37F2N3O7S. The molecule has 0 unspecified atom stereocenters. The Morgan fingerprint density at radius 2 is 1.83 bits per heavy atom. The third kappa shape index (κ3) is 7.72. The summed E-state index contributed by atoms with van der Waals surface area (Å²) in [6, 6.07) is 13.7. The van der Waals surface area contributed by atoms with Crippen LogP contribution in [0, 0.1) is 11.8 Å². The topological polar surface area (TPSA) is 140 Å². The number of aliphatic hydroxyl groups is 1. The second kappa shape index (κ2) is 13.0. The molecule has 4 rings (SSSR count). The van der Waals surface area contributed by atoms with Crippen LogP contribution in [0.4, 0.5) is 19.3 Å². The predicted octanol–water partition coefficient (Wildman–Crippen LogP) is 3.01. The number of ether oxygens (including phenoxy) is 3. The molecule has 2 aliphatic heterocycles. The number of nitrogens with one attached hydrogen (secondary N) is 1. The first-order chi connectivity index (χ1) is 19.4. The van der Waals surface area contributed by atoms with Crippen molar-refractivity contribution in [3.63, 3.8) is 0 Å². The Labute approximate surface area is 238 Å². The summed E-state index contributed by atoms with van der Waals surface area (Å²) in [7, 11) is -4.03. The largest absolute Gasteiger partial charge is 0.445 e. The van der Waals surface area contributed by atoms with E-state index in [1.54, 1.807) is 24.3 Å². The smallest absolute Gasteiger partial charge is 0.407 e. The van der Waals surface area contributed by atoms with Crippen molar-refractivity contribution >= 4 is 21.8 Å². The van der Waals surface area contributed by atoms with Crippen LogP contribution in [-0.4, -0.2) is 80.7 Å². The summed E-state index contributed by atoms with van der Waals surface area (Å²) in [5.74, 6) is -4.76. The van der Waals surface area contributed by atoms with Gasteiger partial charge in [-0.05, 0) is 42.2 Å². The fraction of sp³-hybridized carbons (Fsp3) is 0.536. The first-order valence-electron chi connectivity index (χ1n) is 13.5. The second-order valence-electron chi connectivity index (χ2n) is 10.9. The van der Waals surface area contributed by atoms with E-state index in [0.717, 1.165) is 5.56 Å². The van der Waals surface area contributed by atoms with Crippen molar-refractivity contribution in [3.8, 4) is 0 Å². The number of carbonyl (C=O) groups is 1. The monoisotopic (exact) mass is 597 g/mol. The average molecular weight is 598 g/mol. The Morgan fingerprint density at radius 1 is 1.15 bits per heavy atom. The van der Waals surface area contributed by atoms with E-state index in [4.69, 9.17) is 19.9 Å². The number of alkyl carbamates (subject to hydrolysis) is 1. The Balaban J connectivity index is 1.53. The Hall–Kier alpha value is -2.84. The number of rotatable bonds is 11. The molecule has 2 aliphatic rings. The minimum Gasteiger partial charge on any atom is -0.445 e. The third-order valence-corrected chi connectivity index (χ3v) is 8.95. The Morgan fingerprint density at radius 3 is 2.49 bits per heavy atom. The highest BCUT2D eigenvalue weighted by Gasteiger charge is 2.58. The maximum absolute atomic E-state index is 14.5. The molecule has 0 aromatic heterocycles. The SMILES string of the molecule is CC(C)CN(C[C@@H](O)[C@H](Cc1ccccc1)NC(=O)O[C@H]1CCO[C@H]2OCC(F)(F)[C@H]21)S(=O)(=O)c1ccc(N)cc1. The second-order valence-corrected chi connectivity index (χ2v) is 12.8. The number of sulfonamides is 1. The first-order valence-corrected chi connectivity index (χ1v) is 15.0. The quantitative estimate of drug-likeness (QED) is 0.336. The van der Waals surface area contributed by atoms with Gasteiger partial charge in [-0.3, -0.25) is 0 Å². The van der Waals surface area contributed by atoms with Crippen LogP contribution in [0.15, 0.2) is 59.5 Å². The van der Waals surface area contributed by atoms with E-state index in [-0.39, 0.29) is 43.4 Å². The molecule has 41 heavy (non-hydrogen) atoms. The summed E-state index contributed by atoms with van der Waals surface area (Å²) in [5.41, 5.74) is 6.89. The number of nitrogens with zero attached hydrogens (tertiary/aromatic N) is 1. The van der Waals surface area contributed by atoms with E-state index in [1.165, 1.54) is 28.6 Å². The van der Waals surface area contributed by atoms with Gasteiger partial charge in [0, 0.05) is 25.2 Å². The molecule has 2 aromatic carbocycles. The number of halogens is 2. The van der Waals surface area contributed by atoms with Crippen LogP contribution in [0.1, 0.15) is 25.8 Å². The zero-order chi connectivity index (χ0) is 29.8. The molecule has 2 saturated heterocycles. The molecule has 10 nitrogen and oxygen atoms in total. The molecule has 5 atom stereocenters. The van der Waals surface area contributed by atoms with Crippen molar-refractivity contribution < 1.29 is 41.3 Å². The van der Waals surface area contributed by atoms with Gasteiger partial charge in [0.1, 0.15) is 18.6 Å². The Kier molecular flexibility index (Phi) is 9.85. The van der Waals surface area contributed by atoms with Crippen molar-refractivity contribution in [1.29, 1.82) is 0 Å². The van der Waals surface area contributed by atoms with E-state index < -0.39 is 59.1 Å². The molecule has 1 amide bonds. The number of anilines is 1. The molecule has 2 heterocycles. The summed E-state index contributed by atoms with van der Waals surface area (Å²) >= 11 is 0. The predicted molar refractivity (Wildman–Crippen MR) is 147 cm³/mol. The number of hydrogen-bond donors (Lipinski definition) is 3. The van der Waals surface area contributed by atoms with Crippen molar-refractivity contribution in [3.05, 3.63) is 60.2 Å². The fourth-order valence-electron chi connectivity index (χ4n) is 5.08. The van der Waals surface area contributed by atoms with Gasteiger partial charge in [0.05, 0.1) is 23.6 Å². The molecular weight excluding hydrogens is 560 g/mol. The summed E-state index contributed by atoms with van der Waals surface area (Å²) in [6.07, 6.45) is -4.52. The molecule has 2 fully saturated rings. The summed E-state index contributed by atoms with van der Waals surface area (Å²) < 4.78 is 72.8. The number of amides is 1.